The Morgan fingerprint density at radius 2 is 1.69 bits per heavy atom. The largest absolute Gasteiger partial charge is 0.480 e. The van der Waals surface area contributed by atoms with Crippen molar-refractivity contribution in [3.8, 4) is 16.9 Å². The highest BCUT2D eigenvalue weighted by atomic mass is 32.2. The number of thiol groups is 1. The summed E-state index contributed by atoms with van der Waals surface area (Å²) in [5.41, 5.74) is 2.45. The highest BCUT2D eigenvalue weighted by Crippen LogP contribution is 2.40. The van der Waals surface area contributed by atoms with E-state index < -0.39 is 33.7 Å². The van der Waals surface area contributed by atoms with Crippen LogP contribution < -0.4 is 4.18 Å². The predicted octanol–water partition coefficient (Wildman–Crippen LogP) is 4.48. The molecular formula is C24H21NO7S3. The molecule has 11 heteroatoms. The van der Waals surface area contributed by atoms with Gasteiger partial charge in [0.25, 0.3) is 0 Å². The minimum absolute atomic E-state index is 0.0167. The van der Waals surface area contributed by atoms with Gasteiger partial charge in [-0.2, -0.15) is 8.42 Å². The number of carbonyl (C=O) groups is 1. The van der Waals surface area contributed by atoms with Crippen molar-refractivity contribution in [1.29, 1.82) is 0 Å². The molecule has 0 fully saturated rings. The Labute approximate surface area is 210 Å². The molecule has 0 aliphatic heterocycles. The van der Waals surface area contributed by atoms with Gasteiger partial charge in [-0.3, -0.25) is 4.79 Å². The monoisotopic (exact) mass is 531 g/mol. The first-order chi connectivity index (χ1) is 16.6. The number of rotatable bonds is 8. The molecule has 3 aromatic carbocycles. The van der Waals surface area contributed by atoms with E-state index in [4.69, 9.17) is 8.74 Å². The standard InChI is InChI=1S/C24H21NO7S3/c1-15-24(35(30,31)32-17-11-9-16(10-12-17)14-34(28)29)23-19(18-5-2-3-8-21(18)33)6-4-7-20(23)25(15)13-22(26)27/h2-12,33H,13-14H2,1H3,(H,26,27)(H,28,29). The average Bonchev–Trinajstić information content (AvgIpc) is 3.07. The van der Waals surface area contributed by atoms with Crippen LogP contribution in [0.25, 0.3) is 22.0 Å². The van der Waals surface area contributed by atoms with E-state index in [1.807, 2.05) is 12.1 Å². The third-order valence-corrected chi connectivity index (χ3v) is 7.83. The molecule has 8 nitrogen and oxygen atoms in total. The number of carboxylic acid groups (broad SMARTS) is 1. The molecule has 0 saturated carbocycles. The molecule has 0 aliphatic rings. The first-order valence-electron chi connectivity index (χ1n) is 10.3. The molecular weight excluding hydrogens is 510 g/mol. The van der Waals surface area contributed by atoms with Gasteiger partial charge in [-0.25, -0.2) is 4.21 Å². The minimum Gasteiger partial charge on any atom is -0.480 e. The molecule has 0 amide bonds. The third kappa shape index (κ3) is 5.13. The summed E-state index contributed by atoms with van der Waals surface area (Å²) < 4.78 is 54.1. The van der Waals surface area contributed by atoms with Gasteiger partial charge in [-0.05, 0) is 47.9 Å². The summed E-state index contributed by atoms with van der Waals surface area (Å²) in [5, 5.41) is 9.80. The fourth-order valence-corrected chi connectivity index (χ4v) is 6.15. The summed E-state index contributed by atoms with van der Waals surface area (Å²) in [6.45, 7) is 1.10. The zero-order chi connectivity index (χ0) is 25.3. The summed E-state index contributed by atoms with van der Waals surface area (Å²) in [7, 11) is -4.41. The van der Waals surface area contributed by atoms with Crippen LogP contribution in [0.3, 0.4) is 0 Å². The van der Waals surface area contributed by atoms with Crippen molar-refractivity contribution in [1.82, 2.24) is 4.57 Å². The van der Waals surface area contributed by atoms with E-state index in [0.29, 0.717) is 32.5 Å². The molecule has 4 aromatic rings. The summed E-state index contributed by atoms with van der Waals surface area (Å²) in [4.78, 5) is 12.1. The first kappa shape index (κ1) is 25.0. The fraction of sp³-hybridized carbons (Fsp3) is 0.125. The van der Waals surface area contributed by atoms with E-state index in [1.165, 1.54) is 35.8 Å². The van der Waals surface area contributed by atoms with Gasteiger partial charge < -0.3 is 18.4 Å². The van der Waals surface area contributed by atoms with Crippen LogP contribution in [0.5, 0.6) is 5.75 Å². The van der Waals surface area contributed by atoms with Gasteiger partial charge in [-0.15, -0.1) is 12.6 Å². The van der Waals surface area contributed by atoms with Gasteiger partial charge in [0.05, 0.1) is 11.3 Å². The normalized spacial score (nSPS) is 12.5. The predicted molar refractivity (Wildman–Crippen MR) is 136 cm³/mol. The van der Waals surface area contributed by atoms with Crippen molar-refractivity contribution in [2.24, 2.45) is 0 Å². The Morgan fingerprint density at radius 1 is 1.03 bits per heavy atom. The van der Waals surface area contributed by atoms with E-state index in [9.17, 15) is 22.5 Å². The Kier molecular flexibility index (Phi) is 7.04. The summed E-state index contributed by atoms with van der Waals surface area (Å²) in [6.07, 6.45) is 0. The number of carboxylic acids is 1. The van der Waals surface area contributed by atoms with Crippen LogP contribution in [-0.2, 0) is 38.3 Å². The second kappa shape index (κ2) is 9.86. The fourth-order valence-electron chi connectivity index (χ4n) is 4.01. The van der Waals surface area contributed by atoms with Crippen molar-refractivity contribution in [2.75, 3.05) is 0 Å². The molecule has 1 heterocycles. The average molecular weight is 532 g/mol. The van der Waals surface area contributed by atoms with Gasteiger partial charge in [0.2, 0.25) is 0 Å². The van der Waals surface area contributed by atoms with Gasteiger partial charge in [-0.1, -0.05) is 42.5 Å². The lowest BCUT2D eigenvalue weighted by Gasteiger charge is -2.11. The molecule has 1 atom stereocenters. The first-order valence-corrected chi connectivity index (χ1v) is 13.4. The number of benzene rings is 3. The Balaban J connectivity index is 1.91. The lowest BCUT2D eigenvalue weighted by atomic mass is 10.0. The summed E-state index contributed by atoms with van der Waals surface area (Å²) in [6, 6.07) is 18.2. The summed E-state index contributed by atoms with van der Waals surface area (Å²) in [5.74, 6) is -1.20. The highest BCUT2D eigenvalue weighted by Gasteiger charge is 2.30. The lowest BCUT2D eigenvalue weighted by molar-refractivity contribution is -0.137. The van der Waals surface area contributed by atoms with E-state index in [2.05, 4.69) is 12.6 Å². The van der Waals surface area contributed by atoms with Crippen LogP contribution in [0.2, 0.25) is 0 Å². The molecule has 35 heavy (non-hydrogen) atoms. The van der Waals surface area contributed by atoms with Crippen molar-refractivity contribution in [3.63, 3.8) is 0 Å². The number of hydrogen-bond acceptors (Lipinski definition) is 6. The summed E-state index contributed by atoms with van der Waals surface area (Å²) >= 11 is 2.49. The van der Waals surface area contributed by atoms with E-state index in [-0.39, 0.29) is 22.1 Å². The van der Waals surface area contributed by atoms with Crippen LogP contribution in [0.4, 0.5) is 0 Å². The molecule has 0 radical (unpaired) electrons. The van der Waals surface area contributed by atoms with Gasteiger partial charge in [0.1, 0.15) is 17.2 Å². The van der Waals surface area contributed by atoms with E-state index in [1.54, 1.807) is 30.3 Å². The second-order valence-electron chi connectivity index (χ2n) is 7.76. The molecule has 0 saturated heterocycles. The van der Waals surface area contributed by atoms with E-state index in [0.717, 1.165) is 0 Å². The molecule has 0 aliphatic carbocycles. The number of aromatic nitrogens is 1. The van der Waals surface area contributed by atoms with E-state index >= 15 is 0 Å². The lowest BCUT2D eigenvalue weighted by Crippen LogP contribution is -2.13. The van der Waals surface area contributed by atoms with Gasteiger partial charge in [0, 0.05) is 16.0 Å². The van der Waals surface area contributed by atoms with Gasteiger partial charge >= 0.3 is 16.1 Å². The van der Waals surface area contributed by atoms with Crippen LogP contribution in [0.1, 0.15) is 11.3 Å². The number of fused-ring (bicyclic) bond motifs is 1. The maximum Gasteiger partial charge on any atom is 0.341 e. The minimum atomic E-state index is -4.41. The van der Waals surface area contributed by atoms with Crippen molar-refractivity contribution in [3.05, 3.63) is 78.0 Å². The molecule has 4 rings (SSSR count). The van der Waals surface area contributed by atoms with Crippen molar-refractivity contribution >= 4 is 50.7 Å². The van der Waals surface area contributed by atoms with Crippen LogP contribution >= 0.6 is 12.6 Å². The van der Waals surface area contributed by atoms with Crippen molar-refractivity contribution in [2.45, 2.75) is 29.0 Å². The Morgan fingerprint density at radius 3 is 2.31 bits per heavy atom. The zero-order valence-electron chi connectivity index (χ0n) is 18.4. The van der Waals surface area contributed by atoms with Crippen LogP contribution in [0.15, 0.2) is 76.5 Å². The maximum absolute atomic E-state index is 13.6. The number of hydrogen-bond donors (Lipinski definition) is 3. The molecule has 1 aromatic heterocycles. The molecule has 1 unspecified atom stereocenters. The zero-order valence-corrected chi connectivity index (χ0v) is 20.9. The second-order valence-corrected chi connectivity index (χ2v) is 10.7. The molecule has 182 valence electrons. The SMILES string of the molecule is Cc1c(S(=O)(=O)Oc2ccc(CS(=O)O)cc2)c2c(-c3ccccc3S)cccc2n1CC(=O)O. The van der Waals surface area contributed by atoms with Crippen LogP contribution in [0, 0.1) is 6.92 Å². The Hall–Kier alpha value is -3.12. The molecule has 0 bridgehead atoms. The number of aliphatic carboxylic acids is 1. The number of nitrogens with zero attached hydrogens (tertiary/aromatic N) is 1. The Bertz CT molecular complexity index is 1560. The quantitative estimate of drug-likeness (QED) is 0.174. The maximum atomic E-state index is 13.6. The highest BCUT2D eigenvalue weighted by molar-refractivity contribution is 7.87. The smallest absolute Gasteiger partial charge is 0.341 e. The third-order valence-electron chi connectivity index (χ3n) is 5.45. The molecule has 0 spiro atoms. The van der Waals surface area contributed by atoms with Crippen molar-refractivity contribution < 1.29 is 31.3 Å². The molecule has 2 N–H and O–H groups in total. The van der Waals surface area contributed by atoms with Gasteiger partial charge in [0.15, 0.2) is 11.1 Å². The topological polar surface area (TPSA) is 123 Å². The van der Waals surface area contributed by atoms with Crippen LogP contribution in [-0.4, -0.2) is 32.8 Å².